The number of thiocarbonyl (C=S) groups is 1. The zero-order valence-electron chi connectivity index (χ0n) is 21.9. The van der Waals surface area contributed by atoms with E-state index < -0.39 is 5.25 Å². The van der Waals surface area contributed by atoms with Gasteiger partial charge in [0.1, 0.15) is 5.25 Å². The van der Waals surface area contributed by atoms with Gasteiger partial charge < -0.3 is 21.3 Å². The van der Waals surface area contributed by atoms with Crippen LogP contribution in [-0.2, 0) is 9.59 Å². The monoisotopic (exact) mass is 568 g/mol. The highest BCUT2D eigenvalue weighted by molar-refractivity contribution is 8.00. The first-order valence-electron chi connectivity index (χ1n) is 12.5. The van der Waals surface area contributed by atoms with Crippen LogP contribution in [0.25, 0.3) is 0 Å². The molecule has 0 bridgehead atoms. The lowest BCUT2D eigenvalue weighted by Gasteiger charge is -2.18. The molecule has 1 atom stereocenters. The molecule has 2 amide bonds. The van der Waals surface area contributed by atoms with Gasteiger partial charge in [-0.3, -0.25) is 14.4 Å². The summed E-state index contributed by atoms with van der Waals surface area (Å²) in [4.78, 5) is 37.1. The second kappa shape index (κ2) is 13.5. The second-order valence-corrected chi connectivity index (χ2v) is 10.5. The molecule has 9 heteroatoms. The molecule has 7 nitrogen and oxygen atoms in total. The van der Waals surface area contributed by atoms with Gasteiger partial charge in [0, 0.05) is 40.1 Å². The number of amides is 2. The quantitative estimate of drug-likeness (QED) is 0.0968. The highest BCUT2D eigenvalue weighted by atomic mass is 32.2. The Labute approximate surface area is 242 Å². The van der Waals surface area contributed by atoms with E-state index in [0.717, 1.165) is 21.8 Å². The van der Waals surface area contributed by atoms with Crippen LogP contribution in [0.3, 0.4) is 0 Å². The van der Waals surface area contributed by atoms with E-state index in [9.17, 15) is 14.4 Å². The van der Waals surface area contributed by atoms with E-state index in [2.05, 4.69) is 21.3 Å². The maximum absolute atomic E-state index is 13.4. The Morgan fingerprint density at radius 3 is 1.85 bits per heavy atom. The lowest BCUT2D eigenvalue weighted by molar-refractivity contribution is -0.116. The maximum Gasteiger partial charge on any atom is 0.242 e. The van der Waals surface area contributed by atoms with Crippen LogP contribution in [0.15, 0.2) is 108 Å². The molecule has 0 fully saturated rings. The third-order valence-corrected chi connectivity index (χ3v) is 7.16. The average molecular weight is 569 g/mol. The SMILES string of the molecule is CC(=O)Nc1ccc(NC(=O)C(Sc2cccc(NC(=S)Nc3ccc(C(C)=O)cc3)c2)c2ccccc2)cc1. The van der Waals surface area contributed by atoms with Gasteiger partial charge in [0.15, 0.2) is 10.9 Å². The van der Waals surface area contributed by atoms with Crippen molar-refractivity contribution in [1.29, 1.82) is 0 Å². The number of Topliss-reactive ketones (excluding diaryl/α,β-unsaturated/α-hetero) is 1. The minimum Gasteiger partial charge on any atom is -0.332 e. The Morgan fingerprint density at radius 1 is 0.650 bits per heavy atom. The van der Waals surface area contributed by atoms with Crippen LogP contribution in [0.1, 0.15) is 35.0 Å². The zero-order valence-corrected chi connectivity index (χ0v) is 23.6. The molecule has 0 saturated carbocycles. The van der Waals surface area contributed by atoms with Gasteiger partial charge >= 0.3 is 0 Å². The molecule has 4 aromatic carbocycles. The summed E-state index contributed by atoms with van der Waals surface area (Å²) in [5, 5.41) is 11.9. The molecule has 0 heterocycles. The minimum absolute atomic E-state index is 0.00364. The fourth-order valence-electron chi connectivity index (χ4n) is 3.81. The maximum atomic E-state index is 13.4. The van der Waals surface area contributed by atoms with Gasteiger partial charge in [-0.25, -0.2) is 0 Å². The summed E-state index contributed by atoms with van der Waals surface area (Å²) in [6, 6.07) is 31.3. The number of hydrogen-bond acceptors (Lipinski definition) is 5. The van der Waals surface area contributed by atoms with Crippen molar-refractivity contribution in [1.82, 2.24) is 0 Å². The molecule has 0 spiro atoms. The van der Waals surface area contributed by atoms with Crippen LogP contribution in [0.2, 0.25) is 0 Å². The van der Waals surface area contributed by atoms with Crippen LogP contribution in [-0.4, -0.2) is 22.7 Å². The summed E-state index contributed by atoms with van der Waals surface area (Å²) in [6.07, 6.45) is 0. The molecule has 202 valence electrons. The molecule has 0 aliphatic heterocycles. The Balaban J connectivity index is 1.45. The number of ketones is 1. The molecular formula is C31H28N4O3S2. The molecular weight excluding hydrogens is 541 g/mol. The highest BCUT2D eigenvalue weighted by Crippen LogP contribution is 2.37. The molecule has 0 aliphatic carbocycles. The average Bonchev–Trinajstić information content (AvgIpc) is 2.93. The first-order valence-corrected chi connectivity index (χ1v) is 13.7. The first-order chi connectivity index (χ1) is 19.3. The van der Waals surface area contributed by atoms with E-state index in [0.29, 0.717) is 22.1 Å². The number of thioether (sulfide) groups is 1. The van der Waals surface area contributed by atoms with E-state index in [1.807, 2.05) is 54.6 Å². The van der Waals surface area contributed by atoms with Crippen molar-refractivity contribution in [2.45, 2.75) is 24.0 Å². The fourth-order valence-corrected chi connectivity index (χ4v) is 5.13. The predicted molar refractivity (Wildman–Crippen MR) is 167 cm³/mol. The summed E-state index contributed by atoms with van der Waals surface area (Å²) in [5.41, 5.74) is 4.31. The number of nitrogens with one attached hydrogen (secondary N) is 4. The number of hydrogen-bond donors (Lipinski definition) is 4. The van der Waals surface area contributed by atoms with Crippen LogP contribution in [0.4, 0.5) is 22.7 Å². The van der Waals surface area contributed by atoms with Crippen molar-refractivity contribution in [3.8, 4) is 0 Å². The molecule has 4 N–H and O–H groups in total. The summed E-state index contributed by atoms with van der Waals surface area (Å²) in [5.74, 6) is -0.328. The number of benzene rings is 4. The third kappa shape index (κ3) is 8.26. The Hall–Kier alpha value is -4.47. The van der Waals surface area contributed by atoms with Gasteiger partial charge in [-0.2, -0.15) is 0 Å². The summed E-state index contributed by atoms with van der Waals surface area (Å²) in [6.45, 7) is 2.97. The van der Waals surface area contributed by atoms with Gasteiger partial charge in [0.2, 0.25) is 11.8 Å². The van der Waals surface area contributed by atoms with E-state index >= 15 is 0 Å². The largest absolute Gasteiger partial charge is 0.332 e. The van der Waals surface area contributed by atoms with Crippen LogP contribution >= 0.6 is 24.0 Å². The van der Waals surface area contributed by atoms with Crippen molar-refractivity contribution in [2.24, 2.45) is 0 Å². The van der Waals surface area contributed by atoms with Crippen molar-refractivity contribution >= 4 is 69.4 Å². The van der Waals surface area contributed by atoms with Crippen molar-refractivity contribution in [2.75, 3.05) is 21.3 Å². The van der Waals surface area contributed by atoms with Crippen LogP contribution in [0.5, 0.6) is 0 Å². The van der Waals surface area contributed by atoms with Gasteiger partial charge in [-0.15, -0.1) is 11.8 Å². The summed E-state index contributed by atoms with van der Waals surface area (Å²) in [7, 11) is 0. The lowest BCUT2D eigenvalue weighted by Crippen LogP contribution is -2.19. The van der Waals surface area contributed by atoms with E-state index in [1.165, 1.54) is 25.6 Å². The third-order valence-electron chi connectivity index (χ3n) is 5.71. The molecule has 4 rings (SSSR count). The summed E-state index contributed by atoms with van der Waals surface area (Å²) < 4.78 is 0. The standard InChI is InChI=1S/C31H28N4O3S2/c1-20(36)22-11-13-26(14-12-22)34-31(39)35-27-9-6-10-28(19-27)40-29(23-7-4-3-5-8-23)30(38)33-25-17-15-24(16-18-25)32-21(2)37/h3-19,29H,1-2H3,(H,32,37)(H,33,38)(H2,34,35,39). The molecule has 4 aromatic rings. The van der Waals surface area contributed by atoms with Crippen LogP contribution < -0.4 is 21.3 Å². The lowest BCUT2D eigenvalue weighted by atomic mass is 10.1. The highest BCUT2D eigenvalue weighted by Gasteiger charge is 2.22. The fraction of sp³-hybridized carbons (Fsp3) is 0.0968. The van der Waals surface area contributed by atoms with Gasteiger partial charge in [0.25, 0.3) is 0 Å². The number of carbonyl (C=O) groups is 3. The molecule has 0 aliphatic rings. The number of rotatable bonds is 9. The number of carbonyl (C=O) groups excluding carboxylic acids is 3. The van der Waals surface area contributed by atoms with E-state index in [-0.39, 0.29) is 17.6 Å². The smallest absolute Gasteiger partial charge is 0.242 e. The van der Waals surface area contributed by atoms with E-state index in [4.69, 9.17) is 12.2 Å². The van der Waals surface area contributed by atoms with Crippen molar-refractivity contribution < 1.29 is 14.4 Å². The predicted octanol–water partition coefficient (Wildman–Crippen LogP) is 7.13. The minimum atomic E-state index is -0.517. The van der Waals surface area contributed by atoms with Gasteiger partial charge in [-0.1, -0.05) is 36.4 Å². The zero-order chi connectivity index (χ0) is 28.5. The molecule has 0 saturated heterocycles. The Bertz CT molecular complexity index is 1510. The topological polar surface area (TPSA) is 99.3 Å². The number of anilines is 4. The molecule has 0 radical (unpaired) electrons. The normalized spacial score (nSPS) is 11.2. The first kappa shape index (κ1) is 28.5. The van der Waals surface area contributed by atoms with Gasteiger partial charge in [0.05, 0.1) is 0 Å². The van der Waals surface area contributed by atoms with Gasteiger partial charge in [-0.05, 0) is 91.4 Å². The molecule has 0 aromatic heterocycles. The Kier molecular flexibility index (Phi) is 9.66. The molecule has 40 heavy (non-hydrogen) atoms. The van der Waals surface area contributed by atoms with E-state index in [1.54, 1.807) is 48.5 Å². The Morgan fingerprint density at radius 2 is 1.23 bits per heavy atom. The molecule has 1 unspecified atom stereocenters. The summed E-state index contributed by atoms with van der Waals surface area (Å²) >= 11 is 6.90. The van der Waals surface area contributed by atoms with Crippen molar-refractivity contribution in [3.05, 3.63) is 114 Å². The van der Waals surface area contributed by atoms with Crippen molar-refractivity contribution in [3.63, 3.8) is 0 Å². The van der Waals surface area contributed by atoms with Crippen LogP contribution in [0, 0.1) is 0 Å². The second-order valence-electron chi connectivity index (χ2n) is 8.90.